The highest BCUT2D eigenvalue weighted by Gasteiger charge is 2.16. The van der Waals surface area contributed by atoms with Crippen molar-refractivity contribution in [2.24, 2.45) is 0 Å². The van der Waals surface area contributed by atoms with E-state index in [9.17, 15) is 9.65 Å². The minimum atomic E-state index is -0.290. The Hall–Kier alpha value is -3.19. The molecule has 0 fully saturated rings. The number of nitriles is 1. The van der Waals surface area contributed by atoms with E-state index in [2.05, 4.69) is 11.1 Å². The van der Waals surface area contributed by atoms with E-state index in [0.717, 1.165) is 27.9 Å². The molecule has 4 aromatic rings. The van der Waals surface area contributed by atoms with Crippen LogP contribution in [0.2, 0.25) is 0 Å². The van der Waals surface area contributed by atoms with Crippen LogP contribution in [-0.2, 0) is 0 Å². The van der Waals surface area contributed by atoms with Crippen molar-refractivity contribution in [3.05, 3.63) is 71.5 Å². The molecule has 0 atom stereocenters. The van der Waals surface area contributed by atoms with Crippen LogP contribution >= 0.6 is 0 Å². The number of hydrogen-bond donors (Lipinski definition) is 0. The summed E-state index contributed by atoms with van der Waals surface area (Å²) < 4.78 is 15.6. The quantitative estimate of drug-likeness (QED) is 0.520. The molecule has 0 aliphatic carbocycles. The topological polar surface area (TPSA) is 41.1 Å². The van der Waals surface area contributed by atoms with Gasteiger partial charge in [0.15, 0.2) is 5.65 Å². The molecule has 4 heteroatoms. The highest BCUT2D eigenvalue weighted by atomic mass is 19.1. The number of para-hydroxylation sites is 2. The third-order valence-corrected chi connectivity index (χ3v) is 4.01. The van der Waals surface area contributed by atoms with Crippen molar-refractivity contribution in [3.63, 3.8) is 0 Å². The van der Waals surface area contributed by atoms with Gasteiger partial charge in [-0.2, -0.15) is 5.26 Å². The van der Waals surface area contributed by atoms with Gasteiger partial charge in [-0.3, -0.25) is 4.40 Å². The lowest BCUT2D eigenvalue weighted by Crippen LogP contribution is -1.98. The molecule has 0 bridgehead atoms. The van der Waals surface area contributed by atoms with Gasteiger partial charge in [0.2, 0.25) is 0 Å². The van der Waals surface area contributed by atoms with Gasteiger partial charge < -0.3 is 0 Å². The van der Waals surface area contributed by atoms with Crippen molar-refractivity contribution < 1.29 is 4.39 Å². The second kappa shape index (κ2) is 4.92. The van der Waals surface area contributed by atoms with Crippen molar-refractivity contribution in [2.75, 3.05) is 0 Å². The predicted octanol–water partition coefficient (Wildman–Crippen LogP) is 4.47. The summed E-state index contributed by atoms with van der Waals surface area (Å²) in [6.07, 6.45) is 0. The van der Waals surface area contributed by atoms with Crippen molar-refractivity contribution >= 4 is 16.7 Å². The molecule has 110 valence electrons. The molecular weight excluding hydrogens is 289 g/mol. The summed E-state index contributed by atoms with van der Waals surface area (Å²) in [5, 5.41) is 9.48. The third kappa shape index (κ3) is 1.98. The van der Waals surface area contributed by atoms with E-state index < -0.39 is 0 Å². The van der Waals surface area contributed by atoms with Crippen molar-refractivity contribution in [2.45, 2.75) is 6.92 Å². The van der Waals surface area contributed by atoms with Gasteiger partial charge in [-0.1, -0.05) is 24.3 Å². The lowest BCUT2D eigenvalue weighted by molar-refractivity contribution is 0.628. The van der Waals surface area contributed by atoms with E-state index in [-0.39, 0.29) is 5.82 Å². The van der Waals surface area contributed by atoms with Gasteiger partial charge in [0.1, 0.15) is 11.9 Å². The maximum absolute atomic E-state index is 13.7. The van der Waals surface area contributed by atoms with Gasteiger partial charge >= 0.3 is 0 Å². The molecule has 0 spiro atoms. The van der Waals surface area contributed by atoms with Crippen molar-refractivity contribution in [3.8, 4) is 17.3 Å². The molecule has 4 rings (SSSR count). The highest BCUT2D eigenvalue weighted by Crippen LogP contribution is 2.30. The highest BCUT2D eigenvalue weighted by molar-refractivity contribution is 5.86. The summed E-state index contributed by atoms with van der Waals surface area (Å²) >= 11 is 0. The average Bonchev–Trinajstić information content (AvgIpc) is 2.93. The van der Waals surface area contributed by atoms with Gasteiger partial charge in [0.25, 0.3) is 0 Å². The molecular formula is C19H12FN3. The summed E-state index contributed by atoms with van der Waals surface area (Å²) in [5.74, 6) is -0.290. The number of aryl methyl sites for hydroxylation is 1. The van der Waals surface area contributed by atoms with Crippen LogP contribution in [0.3, 0.4) is 0 Å². The maximum atomic E-state index is 13.7. The van der Waals surface area contributed by atoms with Crippen LogP contribution in [0.15, 0.2) is 54.6 Å². The van der Waals surface area contributed by atoms with Crippen LogP contribution < -0.4 is 0 Å². The second-order valence-corrected chi connectivity index (χ2v) is 5.47. The molecule has 2 aromatic carbocycles. The van der Waals surface area contributed by atoms with Crippen molar-refractivity contribution in [1.29, 1.82) is 5.26 Å². The SMILES string of the molecule is Cc1cc(-c2cccc(F)c2)n2c(nc3ccccc32)c1C#N. The Kier molecular flexibility index (Phi) is 2.88. The van der Waals surface area contributed by atoms with Gasteiger partial charge in [-0.25, -0.2) is 9.37 Å². The summed E-state index contributed by atoms with van der Waals surface area (Å²) in [4.78, 5) is 4.60. The number of benzene rings is 2. The van der Waals surface area contributed by atoms with Crippen molar-refractivity contribution in [1.82, 2.24) is 9.38 Å². The fourth-order valence-corrected chi connectivity index (χ4v) is 2.95. The molecule has 3 nitrogen and oxygen atoms in total. The lowest BCUT2D eigenvalue weighted by Gasteiger charge is -2.10. The molecule has 0 aliphatic heterocycles. The van der Waals surface area contributed by atoms with E-state index >= 15 is 0 Å². The van der Waals surface area contributed by atoms with Crippen LogP contribution in [0.1, 0.15) is 11.1 Å². The maximum Gasteiger partial charge on any atom is 0.156 e. The Labute approximate surface area is 132 Å². The lowest BCUT2D eigenvalue weighted by atomic mass is 10.1. The smallest absolute Gasteiger partial charge is 0.156 e. The predicted molar refractivity (Wildman–Crippen MR) is 87.5 cm³/mol. The van der Waals surface area contributed by atoms with E-state index in [4.69, 9.17) is 0 Å². The van der Waals surface area contributed by atoms with Gasteiger partial charge in [0, 0.05) is 5.56 Å². The minimum Gasteiger partial charge on any atom is -0.291 e. The first-order valence-corrected chi connectivity index (χ1v) is 7.26. The Morgan fingerprint density at radius 1 is 1.09 bits per heavy atom. The van der Waals surface area contributed by atoms with Gasteiger partial charge in [0.05, 0.1) is 22.3 Å². The number of aromatic nitrogens is 2. The number of rotatable bonds is 1. The van der Waals surface area contributed by atoms with Crippen LogP contribution in [0.4, 0.5) is 4.39 Å². The number of pyridine rings is 1. The first kappa shape index (κ1) is 13.5. The first-order chi connectivity index (χ1) is 11.2. The van der Waals surface area contributed by atoms with E-state index in [1.807, 2.05) is 47.7 Å². The largest absolute Gasteiger partial charge is 0.291 e. The average molecular weight is 301 g/mol. The van der Waals surface area contributed by atoms with E-state index in [1.165, 1.54) is 12.1 Å². The molecule has 2 aromatic heterocycles. The van der Waals surface area contributed by atoms with Crippen LogP contribution in [0, 0.1) is 24.1 Å². The fraction of sp³-hybridized carbons (Fsp3) is 0.0526. The van der Waals surface area contributed by atoms with E-state index in [1.54, 1.807) is 6.07 Å². The Balaban J connectivity index is 2.22. The molecule has 0 amide bonds. The van der Waals surface area contributed by atoms with E-state index in [0.29, 0.717) is 11.2 Å². The summed E-state index contributed by atoms with van der Waals surface area (Å²) in [5.41, 5.74) is 5.27. The molecule has 0 unspecified atom stereocenters. The Bertz CT molecular complexity index is 1100. The fourth-order valence-electron chi connectivity index (χ4n) is 2.95. The normalized spacial score (nSPS) is 11.0. The Morgan fingerprint density at radius 2 is 1.91 bits per heavy atom. The molecule has 2 heterocycles. The minimum absolute atomic E-state index is 0.290. The zero-order chi connectivity index (χ0) is 16.0. The van der Waals surface area contributed by atoms with Crippen LogP contribution in [-0.4, -0.2) is 9.38 Å². The number of halogens is 1. The second-order valence-electron chi connectivity index (χ2n) is 5.47. The number of imidazole rings is 1. The number of nitrogens with zero attached hydrogens (tertiary/aromatic N) is 3. The third-order valence-electron chi connectivity index (χ3n) is 4.01. The first-order valence-electron chi connectivity index (χ1n) is 7.26. The molecule has 0 N–H and O–H groups in total. The number of hydrogen-bond acceptors (Lipinski definition) is 2. The van der Waals surface area contributed by atoms with Gasteiger partial charge in [-0.05, 0) is 42.8 Å². The molecule has 23 heavy (non-hydrogen) atoms. The zero-order valence-electron chi connectivity index (χ0n) is 12.4. The number of fused-ring (bicyclic) bond motifs is 3. The summed E-state index contributed by atoms with van der Waals surface area (Å²) in [6.45, 7) is 1.88. The van der Waals surface area contributed by atoms with Gasteiger partial charge in [-0.15, -0.1) is 0 Å². The monoisotopic (exact) mass is 301 g/mol. The summed E-state index contributed by atoms with van der Waals surface area (Å²) in [7, 11) is 0. The molecule has 0 radical (unpaired) electrons. The van der Waals surface area contributed by atoms with Crippen LogP contribution in [0.5, 0.6) is 0 Å². The molecule has 0 saturated heterocycles. The Morgan fingerprint density at radius 3 is 2.70 bits per heavy atom. The zero-order valence-corrected chi connectivity index (χ0v) is 12.4. The molecule has 0 saturated carbocycles. The van der Waals surface area contributed by atoms with Crippen LogP contribution in [0.25, 0.3) is 27.9 Å². The summed E-state index contributed by atoms with van der Waals surface area (Å²) in [6, 6.07) is 18.3. The standard InChI is InChI=1S/C19H12FN3/c1-12-9-18(13-5-4-6-14(20)10-13)23-17-8-3-2-7-16(17)22-19(23)15(12)11-21/h2-10H,1H3. The molecule has 0 aliphatic rings.